The fourth-order valence-electron chi connectivity index (χ4n) is 16.8. The maximum atomic E-state index is 13.0. The minimum Gasteiger partial charge on any atom is -0.481 e. The number of carboxylic acids is 2. The van der Waals surface area contributed by atoms with E-state index in [1.54, 1.807) is 0 Å². The second-order valence-corrected chi connectivity index (χ2v) is 38.6. The van der Waals surface area contributed by atoms with Crippen LogP contribution in [0, 0.1) is 35.5 Å². The zero-order chi connectivity index (χ0) is 96.9. The topological polar surface area (TPSA) is 234 Å². The number of unbranched alkanes of at least 4 members (excludes halogenated alkanes) is 36. The molecule has 0 saturated heterocycles. The van der Waals surface area contributed by atoms with Crippen molar-refractivity contribution < 1.29 is 77.2 Å². The third kappa shape index (κ3) is 88.1. The number of esters is 3. The number of carboxylic acid groups (broad SMARTS) is 2. The van der Waals surface area contributed by atoms with Gasteiger partial charge in [-0.3, -0.25) is 28.8 Å². The number of hydrogen-bond acceptors (Lipinski definition) is 16. The lowest BCUT2D eigenvalue weighted by molar-refractivity contribution is -0.153. The summed E-state index contributed by atoms with van der Waals surface area (Å²) in [4.78, 5) is 73.3. The summed E-state index contributed by atoms with van der Waals surface area (Å²) in [5, 5.41) is 26.7. The first kappa shape index (κ1) is 130. The van der Waals surface area contributed by atoms with Gasteiger partial charge in [0.25, 0.3) is 0 Å². The number of allylic oxidation sites excluding steroid dienone is 16. The highest BCUT2D eigenvalue weighted by Crippen LogP contribution is 2.38. The summed E-state index contributed by atoms with van der Waals surface area (Å²) in [6.07, 6.45) is 103. The van der Waals surface area contributed by atoms with Crippen LogP contribution in [0.5, 0.6) is 0 Å². The molecule has 3 aliphatic carbocycles. The standard InChI is InChI=1S/C53H95NO6.C47H84O5.C8H12O3.C6H13NO2.ClH/c1-6-8-10-12-14-16-18-20-22-24-26-28-30-32-34-36-43-57-46-50(58-44-37-35-33-31-29-27-25-23-21-19-17-15-13-11-9-7-2)47-59-53(56)45-49-40-41-51(48(49)3)60-52(55)39-38-42-54(4)5;1-4-6-8-10-12-14-16-18-20-22-24-26-28-30-32-34-38-50-41-45(42-52-47(49)40-44-36-37-46(48)43(44)3)51-39-35-33-31-29-27-25-23-21-19-17-15-13-11-9-7-5-2;1-5-6(4-8(10)11)2-3-7(5)9;1-7(2)5-3-4-6(8)9;/h14-17,20-23,48-51H,6-13,18-19,24-47H2,1-5H3;12-15,18-21,43-46,48H,4-11,16-17,22-42H2,1-3H3;5-6H,2-4H2,1H3,(H,10,11);3-5H2,1-2H3,(H,8,9);1H/b16-14-,17-15-,22-20-,23-21-;14-12-,15-13-,20-18-,21-19-;;;. The van der Waals surface area contributed by atoms with Crippen LogP contribution in [0.2, 0.25) is 0 Å². The molecule has 10 atom stereocenters. The van der Waals surface area contributed by atoms with Crippen LogP contribution >= 0.6 is 12.4 Å². The molecule has 18 nitrogen and oxygen atoms in total. The van der Waals surface area contributed by atoms with Crippen molar-refractivity contribution in [3.8, 4) is 0 Å². The Balaban J connectivity index is 0. The van der Waals surface area contributed by atoms with Gasteiger partial charge in [0.1, 0.15) is 37.3 Å². The number of halogens is 1. The van der Waals surface area contributed by atoms with Crippen molar-refractivity contribution in [1.29, 1.82) is 0 Å². The van der Waals surface area contributed by atoms with Crippen molar-refractivity contribution in [3.63, 3.8) is 0 Å². The van der Waals surface area contributed by atoms with Gasteiger partial charge in [0, 0.05) is 70.9 Å². The fraction of sp³-hybridized carbons (Fsp3) is 0.807. The molecular formula is C114H205ClN2O16. The molecule has 0 heterocycles. The van der Waals surface area contributed by atoms with Gasteiger partial charge in [-0.1, -0.05) is 300 Å². The van der Waals surface area contributed by atoms with Crippen molar-refractivity contribution in [3.05, 3.63) is 97.2 Å². The third-order valence-electron chi connectivity index (χ3n) is 25.7. The van der Waals surface area contributed by atoms with Crippen molar-refractivity contribution >= 4 is 48.0 Å². The Hall–Kier alpha value is -5.05. The van der Waals surface area contributed by atoms with Crippen LogP contribution in [0.1, 0.15) is 440 Å². The molecule has 3 N–H and O–H groups in total. The molecule has 0 bridgehead atoms. The quantitative estimate of drug-likeness (QED) is 0.0222. The zero-order valence-electron chi connectivity index (χ0n) is 87.2. The SMILES string of the molecule is CC1C(=O)CCC1CC(=O)O.CCCCC/C=C\C/C=C\CCCCCCCCOCC(COC(=O)CC1CCC(O)C1C)OCCCCCCCC/C=C\C/C=C\CCCCC.CCCCC/C=C\C/C=C\CCCCCCCCOCC(COC(=O)CC1CCC(OC(=O)CCCN(C)C)C1C)OCCCCCCCC/C=C\C/C=C\CCCCC.CN(C)CCCC(=O)O.Cl. The van der Waals surface area contributed by atoms with E-state index in [9.17, 15) is 33.9 Å². The largest absolute Gasteiger partial charge is 0.481 e. The van der Waals surface area contributed by atoms with Gasteiger partial charge in [-0.05, 0) is 270 Å². The summed E-state index contributed by atoms with van der Waals surface area (Å²) in [5.74, 6) is -1.08. The number of Topliss-reactive ketones (excluding diaryl/α,β-unsaturated/α-hetero) is 1. The highest BCUT2D eigenvalue weighted by molar-refractivity contribution is 5.85. The van der Waals surface area contributed by atoms with Gasteiger partial charge in [0.2, 0.25) is 0 Å². The number of aliphatic carboxylic acids is 2. The van der Waals surface area contributed by atoms with E-state index in [0.29, 0.717) is 58.7 Å². The van der Waals surface area contributed by atoms with Crippen LogP contribution < -0.4 is 0 Å². The van der Waals surface area contributed by atoms with E-state index in [4.69, 9.17) is 43.4 Å². The Kier molecular flexibility index (Phi) is 96.3. The summed E-state index contributed by atoms with van der Waals surface area (Å²) in [7, 11) is 7.88. The van der Waals surface area contributed by atoms with Gasteiger partial charge in [-0.15, -0.1) is 12.4 Å². The first-order chi connectivity index (χ1) is 64.2. The first-order valence-corrected chi connectivity index (χ1v) is 54.2. The first-order valence-electron chi connectivity index (χ1n) is 54.2. The average Bonchev–Trinajstić information content (AvgIpc) is 1.74. The van der Waals surface area contributed by atoms with Crippen molar-refractivity contribution in [2.45, 2.75) is 465 Å². The zero-order valence-corrected chi connectivity index (χ0v) is 88.0. The summed E-state index contributed by atoms with van der Waals surface area (Å²) in [6, 6.07) is 0. The van der Waals surface area contributed by atoms with Gasteiger partial charge in [0.05, 0.1) is 19.3 Å². The van der Waals surface area contributed by atoms with E-state index in [2.05, 4.69) is 137 Å². The van der Waals surface area contributed by atoms with Crippen LogP contribution in [0.15, 0.2) is 97.2 Å². The normalized spacial score (nSPS) is 18.5. The lowest BCUT2D eigenvalue weighted by Gasteiger charge is -2.22. The maximum absolute atomic E-state index is 13.0. The van der Waals surface area contributed by atoms with E-state index in [1.807, 2.05) is 46.9 Å². The minimum absolute atomic E-state index is 0. The number of carbonyl (C=O) groups excluding carboxylic acids is 4. The molecule has 0 aromatic heterocycles. The van der Waals surface area contributed by atoms with E-state index >= 15 is 0 Å². The van der Waals surface area contributed by atoms with Crippen LogP contribution in [0.3, 0.4) is 0 Å². The fourth-order valence-corrected chi connectivity index (χ4v) is 16.8. The Labute approximate surface area is 821 Å². The third-order valence-corrected chi connectivity index (χ3v) is 25.7. The molecule has 0 radical (unpaired) electrons. The molecule has 0 amide bonds. The number of aliphatic hydroxyl groups excluding tert-OH is 1. The van der Waals surface area contributed by atoms with Crippen LogP contribution in [-0.2, 0) is 61.9 Å². The summed E-state index contributed by atoms with van der Waals surface area (Å²) in [6.45, 7) is 20.8. The summed E-state index contributed by atoms with van der Waals surface area (Å²) < 4.78 is 41.8. The van der Waals surface area contributed by atoms with Gasteiger partial charge >= 0.3 is 29.8 Å². The Morgan fingerprint density at radius 1 is 0.346 bits per heavy atom. The molecule has 0 aromatic rings. The van der Waals surface area contributed by atoms with E-state index in [1.165, 1.54) is 250 Å². The van der Waals surface area contributed by atoms with Gasteiger partial charge in [0.15, 0.2) is 0 Å². The van der Waals surface area contributed by atoms with E-state index in [0.717, 1.165) is 122 Å². The lowest BCUT2D eigenvalue weighted by Crippen LogP contribution is -2.29. The number of ether oxygens (including phenoxy) is 7. The Bertz CT molecular complexity index is 2910. The highest BCUT2D eigenvalue weighted by atomic mass is 35.5. The molecule has 3 fully saturated rings. The number of rotatable bonds is 85. The molecule has 133 heavy (non-hydrogen) atoms. The Morgan fingerprint density at radius 3 is 0.970 bits per heavy atom. The monoisotopic (exact) mass is 1890 g/mol. The minimum atomic E-state index is -0.795. The summed E-state index contributed by atoms with van der Waals surface area (Å²) in [5.41, 5.74) is 0. The molecule has 10 unspecified atom stereocenters. The molecule has 3 saturated carbocycles. The van der Waals surface area contributed by atoms with Crippen molar-refractivity contribution in [2.24, 2.45) is 35.5 Å². The second-order valence-electron chi connectivity index (χ2n) is 38.6. The van der Waals surface area contributed by atoms with Gasteiger partial charge in [-0.25, -0.2) is 0 Å². The number of hydrogen-bond donors (Lipinski definition) is 3. The molecular weight excluding hydrogens is 1690 g/mol. The van der Waals surface area contributed by atoms with E-state index < -0.39 is 11.9 Å². The predicted molar refractivity (Wildman–Crippen MR) is 559 cm³/mol. The second kappa shape index (κ2) is 98.6. The van der Waals surface area contributed by atoms with Crippen LogP contribution in [0.4, 0.5) is 0 Å². The van der Waals surface area contributed by atoms with Crippen molar-refractivity contribution in [2.75, 3.05) is 94.1 Å². The van der Waals surface area contributed by atoms with Gasteiger partial charge in [-0.2, -0.15) is 0 Å². The molecule has 0 aliphatic heterocycles. The smallest absolute Gasteiger partial charge is 0.306 e. The number of aliphatic hydroxyl groups is 1. The molecule has 19 heteroatoms. The molecule has 3 aliphatic rings. The highest BCUT2D eigenvalue weighted by Gasteiger charge is 2.38. The number of carbonyl (C=O) groups is 6. The number of ketones is 1. The lowest BCUT2D eigenvalue weighted by atomic mass is 9.94. The molecule has 3 rings (SSSR count). The maximum Gasteiger partial charge on any atom is 0.306 e. The van der Waals surface area contributed by atoms with E-state index in [-0.39, 0.29) is 122 Å². The Morgan fingerprint density at radius 2 is 0.662 bits per heavy atom. The molecule has 0 spiro atoms. The van der Waals surface area contributed by atoms with Crippen LogP contribution in [-0.4, -0.2) is 179 Å². The average molecular weight is 1900 g/mol. The predicted octanol–water partition coefficient (Wildman–Crippen LogP) is 29.5. The molecule has 0 aromatic carbocycles. The number of nitrogens with zero attached hydrogens (tertiary/aromatic N) is 2. The molecule has 774 valence electrons. The van der Waals surface area contributed by atoms with Gasteiger partial charge < -0.3 is 58.3 Å². The van der Waals surface area contributed by atoms with Crippen LogP contribution in [0.25, 0.3) is 0 Å². The van der Waals surface area contributed by atoms with Crippen molar-refractivity contribution in [1.82, 2.24) is 9.80 Å². The summed E-state index contributed by atoms with van der Waals surface area (Å²) >= 11 is 0.